The molecule has 1 fully saturated rings. The molecule has 2 nitrogen and oxygen atoms in total. The number of ether oxygens (including phenoxy) is 1. The van der Waals surface area contributed by atoms with Gasteiger partial charge in [-0.25, -0.2) is 8.78 Å². The lowest BCUT2D eigenvalue weighted by Gasteiger charge is -2.13. The molecule has 1 heterocycles. The van der Waals surface area contributed by atoms with Crippen molar-refractivity contribution >= 4 is 0 Å². The third-order valence-electron chi connectivity index (χ3n) is 2.11. The standard InChI is InChI=1S/C7H13F2NO/c8-7(9)1-5-3-11-4-6(5)2-10/h5-7H,1-4,10H2. The number of halogens is 2. The van der Waals surface area contributed by atoms with Gasteiger partial charge >= 0.3 is 0 Å². The molecule has 66 valence electrons. The molecule has 0 radical (unpaired) electrons. The molecule has 11 heavy (non-hydrogen) atoms. The molecule has 1 rings (SSSR count). The number of nitrogens with two attached hydrogens (primary N) is 1. The van der Waals surface area contributed by atoms with Crippen LogP contribution in [0.3, 0.4) is 0 Å². The van der Waals surface area contributed by atoms with Gasteiger partial charge in [-0.1, -0.05) is 0 Å². The van der Waals surface area contributed by atoms with Crippen LogP contribution in [-0.4, -0.2) is 26.2 Å². The first-order valence-electron chi connectivity index (χ1n) is 3.80. The van der Waals surface area contributed by atoms with Gasteiger partial charge in [-0.15, -0.1) is 0 Å². The van der Waals surface area contributed by atoms with Crippen LogP contribution in [0.15, 0.2) is 0 Å². The SMILES string of the molecule is NCC1COCC1CC(F)F. The Balaban J connectivity index is 2.31. The van der Waals surface area contributed by atoms with Gasteiger partial charge in [-0.05, 0) is 18.4 Å². The first kappa shape index (κ1) is 8.87. The molecule has 0 spiro atoms. The highest BCUT2D eigenvalue weighted by Crippen LogP contribution is 2.25. The number of rotatable bonds is 3. The monoisotopic (exact) mass is 165 g/mol. The average molecular weight is 165 g/mol. The molecule has 1 aliphatic rings. The molecule has 0 aromatic carbocycles. The maximum absolute atomic E-state index is 11.9. The zero-order valence-corrected chi connectivity index (χ0v) is 6.30. The van der Waals surface area contributed by atoms with Crippen LogP contribution in [-0.2, 0) is 4.74 Å². The summed E-state index contributed by atoms with van der Waals surface area (Å²) in [5.74, 6) is 0.115. The smallest absolute Gasteiger partial charge is 0.239 e. The normalized spacial score (nSPS) is 31.6. The highest BCUT2D eigenvalue weighted by atomic mass is 19.3. The average Bonchev–Trinajstić information content (AvgIpc) is 2.34. The van der Waals surface area contributed by atoms with E-state index >= 15 is 0 Å². The Labute approximate surface area is 64.7 Å². The molecule has 4 heteroatoms. The van der Waals surface area contributed by atoms with Gasteiger partial charge in [0.1, 0.15) is 0 Å². The van der Waals surface area contributed by atoms with Crippen molar-refractivity contribution in [1.29, 1.82) is 0 Å². The lowest BCUT2D eigenvalue weighted by molar-refractivity contribution is 0.102. The van der Waals surface area contributed by atoms with Crippen LogP contribution < -0.4 is 5.73 Å². The molecular formula is C7H13F2NO. The summed E-state index contributed by atoms with van der Waals surface area (Å²) in [6.45, 7) is 1.46. The summed E-state index contributed by atoms with van der Waals surface area (Å²) >= 11 is 0. The Morgan fingerprint density at radius 3 is 2.55 bits per heavy atom. The Bertz CT molecular complexity index is 121. The van der Waals surface area contributed by atoms with Crippen molar-refractivity contribution in [3.63, 3.8) is 0 Å². The second kappa shape index (κ2) is 3.97. The predicted octanol–water partition coefficient (Wildman–Crippen LogP) is 0.863. The summed E-state index contributed by atoms with van der Waals surface area (Å²) in [4.78, 5) is 0. The molecule has 1 aliphatic heterocycles. The highest BCUT2D eigenvalue weighted by Gasteiger charge is 2.29. The zero-order valence-electron chi connectivity index (χ0n) is 6.30. The van der Waals surface area contributed by atoms with Crippen LogP contribution in [0.4, 0.5) is 8.78 Å². The van der Waals surface area contributed by atoms with E-state index in [1.54, 1.807) is 0 Å². The maximum Gasteiger partial charge on any atom is 0.239 e. The first-order valence-corrected chi connectivity index (χ1v) is 3.80. The van der Waals surface area contributed by atoms with Gasteiger partial charge in [-0.2, -0.15) is 0 Å². The molecule has 0 aliphatic carbocycles. The van der Waals surface area contributed by atoms with Gasteiger partial charge < -0.3 is 10.5 Å². The van der Waals surface area contributed by atoms with Crippen molar-refractivity contribution in [2.24, 2.45) is 17.6 Å². The second-order valence-corrected chi connectivity index (χ2v) is 2.92. The van der Waals surface area contributed by atoms with Gasteiger partial charge in [0.25, 0.3) is 0 Å². The van der Waals surface area contributed by atoms with E-state index in [9.17, 15) is 8.78 Å². The molecule has 2 N–H and O–H groups in total. The van der Waals surface area contributed by atoms with Crippen LogP contribution in [0.5, 0.6) is 0 Å². The Morgan fingerprint density at radius 1 is 1.36 bits per heavy atom. The van der Waals surface area contributed by atoms with E-state index in [1.807, 2.05) is 0 Å². The Morgan fingerprint density at radius 2 is 2.00 bits per heavy atom. The number of hydrogen-bond acceptors (Lipinski definition) is 2. The topological polar surface area (TPSA) is 35.2 Å². The largest absolute Gasteiger partial charge is 0.381 e. The fourth-order valence-corrected chi connectivity index (χ4v) is 1.39. The summed E-state index contributed by atoms with van der Waals surface area (Å²) < 4.78 is 28.8. The van der Waals surface area contributed by atoms with Crippen molar-refractivity contribution in [2.45, 2.75) is 12.8 Å². The van der Waals surface area contributed by atoms with Crippen LogP contribution in [0.1, 0.15) is 6.42 Å². The maximum atomic E-state index is 11.9. The van der Waals surface area contributed by atoms with E-state index in [1.165, 1.54) is 0 Å². The van der Waals surface area contributed by atoms with E-state index in [-0.39, 0.29) is 18.3 Å². The molecule has 2 atom stereocenters. The molecule has 0 bridgehead atoms. The van der Waals surface area contributed by atoms with E-state index in [4.69, 9.17) is 10.5 Å². The minimum Gasteiger partial charge on any atom is -0.381 e. The van der Waals surface area contributed by atoms with Gasteiger partial charge in [0.05, 0.1) is 6.61 Å². The van der Waals surface area contributed by atoms with Crippen LogP contribution in [0.2, 0.25) is 0 Å². The number of alkyl halides is 2. The molecule has 0 aromatic rings. The quantitative estimate of drug-likeness (QED) is 0.673. The van der Waals surface area contributed by atoms with Crippen molar-refractivity contribution < 1.29 is 13.5 Å². The van der Waals surface area contributed by atoms with Crippen LogP contribution >= 0.6 is 0 Å². The van der Waals surface area contributed by atoms with Crippen LogP contribution in [0.25, 0.3) is 0 Å². The lowest BCUT2D eigenvalue weighted by atomic mass is 9.93. The van der Waals surface area contributed by atoms with E-state index in [0.717, 1.165) is 0 Å². The van der Waals surface area contributed by atoms with Crippen molar-refractivity contribution in [1.82, 2.24) is 0 Å². The first-order chi connectivity index (χ1) is 5.24. The third-order valence-corrected chi connectivity index (χ3v) is 2.11. The van der Waals surface area contributed by atoms with Crippen molar-refractivity contribution in [3.8, 4) is 0 Å². The van der Waals surface area contributed by atoms with Gasteiger partial charge in [-0.3, -0.25) is 0 Å². The van der Waals surface area contributed by atoms with Crippen molar-refractivity contribution in [3.05, 3.63) is 0 Å². The molecular weight excluding hydrogens is 152 g/mol. The molecule has 1 saturated heterocycles. The summed E-state index contributed by atoms with van der Waals surface area (Å²) in [5, 5.41) is 0. The summed E-state index contributed by atoms with van der Waals surface area (Å²) in [6, 6.07) is 0. The zero-order chi connectivity index (χ0) is 8.27. The minimum absolute atomic E-state index is 0.0278. The van der Waals surface area contributed by atoms with Crippen LogP contribution in [0, 0.1) is 11.8 Å². The minimum atomic E-state index is -2.23. The van der Waals surface area contributed by atoms with E-state index in [2.05, 4.69) is 0 Å². The number of hydrogen-bond donors (Lipinski definition) is 1. The Kier molecular flexibility index (Phi) is 3.20. The fraction of sp³-hybridized carbons (Fsp3) is 1.00. The van der Waals surface area contributed by atoms with Gasteiger partial charge in [0.15, 0.2) is 0 Å². The van der Waals surface area contributed by atoms with E-state index in [0.29, 0.717) is 19.8 Å². The summed E-state index contributed by atoms with van der Waals surface area (Å²) in [5.41, 5.74) is 5.38. The Hall–Kier alpha value is -0.220. The van der Waals surface area contributed by atoms with E-state index < -0.39 is 6.43 Å². The summed E-state index contributed by atoms with van der Waals surface area (Å²) in [6.07, 6.45) is -2.29. The van der Waals surface area contributed by atoms with Gasteiger partial charge in [0.2, 0.25) is 6.43 Å². The predicted molar refractivity (Wildman–Crippen MR) is 37.5 cm³/mol. The summed E-state index contributed by atoms with van der Waals surface area (Å²) in [7, 11) is 0. The molecule has 0 amide bonds. The lowest BCUT2D eigenvalue weighted by Crippen LogP contribution is -2.23. The molecule has 0 aromatic heterocycles. The third kappa shape index (κ3) is 2.38. The highest BCUT2D eigenvalue weighted by molar-refractivity contribution is 4.76. The second-order valence-electron chi connectivity index (χ2n) is 2.92. The molecule has 2 unspecified atom stereocenters. The van der Waals surface area contributed by atoms with Gasteiger partial charge in [0, 0.05) is 13.0 Å². The fourth-order valence-electron chi connectivity index (χ4n) is 1.39. The van der Waals surface area contributed by atoms with Crippen molar-refractivity contribution in [2.75, 3.05) is 19.8 Å². The molecule has 0 saturated carbocycles.